The molecule has 1 amide bonds. The van der Waals surface area contributed by atoms with Crippen LogP contribution in [0.15, 0.2) is 54.6 Å². The molecule has 3 unspecified atom stereocenters. The standard InChI is InChI=1S/C30H40N2O4/c1-31(28(33)36-21-24-8-5-4-6-9-24)26-14-15-30(35-3)22-32(20-23-12-13-23)17-16-29(30,19-26)25-10-7-11-27(18-25)34-2/h4-11,18,23,26H,12-17,19-22H2,1-3H3. The Kier molecular flexibility index (Phi) is 7.27. The fourth-order valence-corrected chi connectivity index (χ4v) is 6.61. The lowest BCUT2D eigenvalue weighted by Gasteiger charge is -2.60. The van der Waals surface area contributed by atoms with Crippen LogP contribution in [0, 0.1) is 5.92 Å². The number of methoxy groups -OCH3 is 2. The number of fused-ring (bicyclic) bond motifs is 1. The Morgan fingerprint density at radius 1 is 1.06 bits per heavy atom. The van der Waals surface area contributed by atoms with E-state index >= 15 is 0 Å². The van der Waals surface area contributed by atoms with Crippen LogP contribution in [0.5, 0.6) is 5.75 Å². The minimum Gasteiger partial charge on any atom is -0.497 e. The molecular weight excluding hydrogens is 452 g/mol. The van der Waals surface area contributed by atoms with E-state index in [-0.39, 0.29) is 29.8 Å². The Labute approximate surface area is 215 Å². The Morgan fingerprint density at radius 3 is 2.58 bits per heavy atom. The summed E-state index contributed by atoms with van der Waals surface area (Å²) in [5.41, 5.74) is 1.76. The van der Waals surface area contributed by atoms with E-state index in [9.17, 15) is 4.79 Å². The van der Waals surface area contributed by atoms with Gasteiger partial charge in [0.25, 0.3) is 0 Å². The Balaban J connectivity index is 1.39. The van der Waals surface area contributed by atoms with E-state index in [0.29, 0.717) is 0 Å². The van der Waals surface area contributed by atoms with Gasteiger partial charge in [0.15, 0.2) is 0 Å². The molecule has 1 heterocycles. The predicted molar refractivity (Wildman–Crippen MR) is 140 cm³/mol. The van der Waals surface area contributed by atoms with Crippen LogP contribution < -0.4 is 4.74 Å². The van der Waals surface area contributed by atoms with Crippen LogP contribution in [-0.4, -0.2) is 68.4 Å². The molecule has 3 fully saturated rings. The highest BCUT2D eigenvalue weighted by Crippen LogP contribution is 2.54. The van der Waals surface area contributed by atoms with E-state index in [4.69, 9.17) is 14.2 Å². The van der Waals surface area contributed by atoms with Gasteiger partial charge in [-0.25, -0.2) is 4.79 Å². The molecular formula is C30H40N2O4. The van der Waals surface area contributed by atoms with Gasteiger partial charge < -0.3 is 24.0 Å². The van der Waals surface area contributed by atoms with Crippen LogP contribution in [0.1, 0.15) is 49.7 Å². The maximum absolute atomic E-state index is 13.1. The summed E-state index contributed by atoms with van der Waals surface area (Å²) < 4.78 is 17.8. The second-order valence-electron chi connectivity index (χ2n) is 11.0. The molecule has 2 aromatic rings. The molecule has 3 atom stereocenters. The third kappa shape index (κ3) is 4.85. The van der Waals surface area contributed by atoms with Crippen LogP contribution in [0.4, 0.5) is 4.79 Å². The lowest BCUT2D eigenvalue weighted by atomic mass is 9.55. The summed E-state index contributed by atoms with van der Waals surface area (Å²) in [6.45, 7) is 3.45. The first-order chi connectivity index (χ1) is 17.5. The van der Waals surface area contributed by atoms with Crippen molar-refractivity contribution >= 4 is 6.09 Å². The Bertz CT molecular complexity index is 1040. The first-order valence-corrected chi connectivity index (χ1v) is 13.3. The van der Waals surface area contributed by atoms with E-state index in [1.165, 1.54) is 24.9 Å². The monoisotopic (exact) mass is 492 g/mol. The average Bonchev–Trinajstić information content (AvgIpc) is 3.75. The van der Waals surface area contributed by atoms with E-state index in [1.54, 1.807) is 7.11 Å². The second-order valence-corrected chi connectivity index (χ2v) is 11.0. The topological polar surface area (TPSA) is 51.2 Å². The van der Waals surface area contributed by atoms with Crippen LogP contribution >= 0.6 is 0 Å². The normalized spacial score (nSPS) is 28.2. The summed E-state index contributed by atoms with van der Waals surface area (Å²) >= 11 is 0. The van der Waals surface area contributed by atoms with Crippen molar-refractivity contribution in [1.29, 1.82) is 0 Å². The quantitative estimate of drug-likeness (QED) is 0.504. The third-order valence-electron chi connectivity index (χ3n) is 8.94. The number of carbonyl (C=O) groups excluding carboxylic acids is 1. The number of hydrogen-bond donors (Lipinski definition) is 0. The van der Waals surface area contributed by atoms with Crippen LogP contribution in [0.2, 0.25) is 0 Å². The van der Waals surface area contributed by atoms with Crippen molar-refractivity contribution in [3.63, 3.8) is 0 Å². The molecule has 0 N–H and O–H groups in total. The van der Waals surface area contributed by atoms with Crippen molar-refractivity contribution in [1.82, 2.24) is 9.80 Å². The van der Waals surface area contributed by atoms with Crippen LogP contribution in [0.3, 0.4) is 0 Å². The molecule has 0 bridgehead atoms. The van der Waals surface area contributed by atoms with Crippen molar-refractivity contribution in [2.75, 3.05) is 40.9 Å². The van der Waals surface area contributed by atoms with Gasteiger partial charge in [0.05, 0.1) is 12.7 Å². The SMILES string of the molecule is COc1cccc(C23CCN(CC4CC4)CC2(OC)CCC(N(C)C(=O)OCc2ccccc2)C3)c1. The first kappa shape index (κ1) is 25.1. The largest absolute Gasteiger partial charge is 0.497 e. The number of ether oxygens (including phenoxy) is 3. The molecule has 2 saturated carbocycles. The maximum Gasteiger partial charge on any atom is 0.410 e. The molecule has 5 rings (SSSR count). The lowest BCUT2D eigenvalue weighted by molar-refractivity contribution is -0.154. The molecule has 0 aromatic heterocycles. The molecule has 2 aromatic carbocycles. The number of amides is 1. The van der Waals surface area contributed by atoms with Crippen LogP contribution in [0.25, 0.3) is 0 Å². The van der Waals surface area contributed by atoms with Crippen molar-refractivity contribution in [2.24, 2.45) is 5.92 Å². The molecule has 36 heavy (non-hydrogen) atoms. The highest BCUT2D eigenvalue weighted by atomic mass is 16.6. The van der Waals surface area contributed by atoms with E-state index in [1.807, 2.05) is 55.5 Å². The zero-order valence-electron chi connectivity index (χ0n) is 21.9. The van der Waals surface area contributed by atoms with Gasteiger partial charge in [-0.05, 0) is 74.2 Å². The van der Waals surface area contributed by atoms with Crippen molar-refractivity contribution in [3.05, 3.63) is 65.7 Å². The maximum atomic E-state index is 13.1. The Morgan fingerprint density at radius 2 is 1.86 bits per heavy atom. The highest BCUT2D eigenvalue weighted by molar-refractivity contribution is 5.67. The zero-order chi connectivity index (χ0) is 25.2. The molecule has 194 valence electrons. The summed E-state index contributed by atoms with van der Waals surface area (Å²) in [4.78, 5) is 17.5. The van der Waals surface area contributed by atoms with Crippen molar-refractivity contribution in [2.45, 2.75) is 62.2 Å². The van der Waals surface area contributed by atoms with Gasteiger partial charge in [0.1, 0.15) is 12.4 Å². The van der Waals surface area contributed by atoms with Crippen LogP contribution in [-0.2, 0) is 21.5 Å². The van der Waals surface area contributed by atoms with Gasteiger partial charge >= 0.3 is 6.09 Å². The van der Waals surface area contributed by atoms with Crippen molar-refractivity contribution in [3.8, 4) is 5.75 Å². The number of piperidine rings is 1. The first-order valence-electron chi connectivity index (χ1n) is 13.3. The average molecular weight is 493 g/mol. The summed E-state index contributed by atoms with van der Waals surface area (Å²) in [6.07, 6.45) is 6.11. The molecule has 0 spiro atoms. The molecule has 6 nitrogen and oxygen atoms in total. The highest BCUT2D eigenvalue weighted by Gasteiger charge is 2.59. The minimum atomic E-state index is -0.294. The molecule has 3 aliphatic rings. The predicted octanol–water partition coefficient (Wildman–Crippen LogP) is 5.26. The smallest absolute Gasteiger partial charge is 0.410 e. The Hall–Kier alpha value is -2.57. The molecule has 1 aliphatic heterocycles. The fraction of sp³-hybridized carbons (Fsp3) is 0.567. The second kappa shape index (κ2) is 10.4. The van der Waals surface area contributed by atoms with Gasteiger partial charge in [-0.1, -0.05) is 42.5 Å². The summed E-state index contributed by atoms with van der Waals surface area (Å²) in [7, 11) is 5.49. The number of benzene rings is 2. The van der Waals surface area contributed by atoms with Gasteiger partial charge in [-0.2, -0.15) is 0 Å². The molecule has 2 aliphatic carbocycles. The van der Waals surface area contributed by atoms with Gasteiger partial charge in [-0.15, -0.1) is 0 Å². The number of rotatable bonds is 8. The number of likely N-dealkylation sites (tertiary alicyclic amines) is 1. The van der Waals surface area contributed by atoms with Gasteiger partial charge in [-0.3, -0.25) is 0 Å². The molecule has 0 radical (unpaired) electrons. The fourth-order valence-electron chi connectivity index (χ4n) is 6.61. The van der Waals surface area contributed by atoms with E-state index < -0.39 is 0 Å². The summed E-state index contributed by atoms with van der Waals surface area (Å²) in [5, 5.41) is 0. The minimum absolute atomic E-state index is 0.0812. The molecule has 6 heteroatoms. The molecule has 1 saturated heterocycles. The van der Waals surface area contributed by atoms with Gasteiger partial charge in [0, 0.05) is 38.7 Å². The van der Waals surface area contributed by atoms with Crippen molar-refractivity contribution < 1.29 is 19.0 Å². The zero-order valence-corrected chi connectivity index (χ0v) is 21.9. The van der Waals surface area contributed by atoms with E-state index in [2.05, 4.69) is 23.1 Å². The summed E-state index contributed by atoms with van der Waals surface area (Å²) in [6, 6.07) is 18.4. The number of hydrogen-bond acceptors (Lipinski definition) is 5. The number of carbonyl (C=O) groups is 1. The lowest BCUT2D eigenvalue weighted by Crippen LogP contribution is -2.68. The van der Waals surface area contributed by atoms with E-state index in [0.717, 1.165) is 56.0 Å². The van der Waals surface area contributed by atoms with Gasteiger partial charge in [0.2, 0.25) is 0 Å². The number of nitrogens with zero attached hydrogens (tertiary/aromatic N) is 2. The summed E-state index contributed by atoms with van der Waals surface area (Å²) in [5.74, 6) is 1.72. The third-order valence-corrected chi connectivity index (χ3v) is 8.94.